The lowest BCUT2D eigenvalue weighted by molar-refractivity contribution is 0.0690. The molecule has 4 heteroatoms. The van der Waals surface area contributed by atoms with Gasteiger partial charge in [-0.1, -0.05) is 36.4 Å². The molecular weight excluding hydrogens is 304 g/mol. The molecule has 0 aliphatic carbocycles. The summed E-state index contributed by atoms with van der Waals surface area (Å²) in [4.78, 5) is 20.5. The summed E-state index contributed by atoms with van der Waals surface area (Å²) in [5, 5.41) is 2.12. The fourth-order valence-corrected chi connectivity index (χ4v) is 4.07. The second-order valence-corrected chi connectivity index (χ2v) is 6.58. The van der Waals surface area contributed by atoms with Gasteiger partial charge in [0.1, 0.15) is 5.69 Å². The van der Waals surface area contributed by atoms with E-state index in [1.807, 2.05) is 35.2 Å². The summed E-state index contributed by atoms with van der Waals surface area (Å²) in [5.74, 6) is -0.00342. The van der Waals surface area contributed by atoms with E-state index in [4.69, 9.17) is 0 Å². The van der Waals surface area contributed by atoms with Crippen molar-refractivity contribution in [3.05, 3.63) is 87.9 Å². The second kappa shape index (κ2) is 5.97. The van der Waals surface area contributed by atoms with Crippen molar-refractivity contribution in [1.29, 1.82) is 0 Å². The molecule has 2 aromatic heterocycles. The van der Waals surface area contributed by atoms with Crippen LogP contribution in [0, 0.1) is 0 Å². The molecule has 0 fully saturated rings. The third-order valence-electron chi connectivity index (χ3n) is 4.23. The van der Waals surface area contributed by atoms with E-state index in [2.05, 4.69) is 28.6 Å². The summed E-state index contributed by atoms with van der Waals surface area (Å²) in [5.41, 5.74) is 2.90. The zero-order chi connectivity index (χ0) is 15.6. The Morgan fingerprint density at radius 3 is 2.70 bits per heavy atom. The molecule has 1 atom stereocenters. The Morgan fingerprint density at radius 1 is 1.09 bits per heavy atom. The van der Waals surface area contributed by atoms with Gasteiger partial charge in [-0.2, -0.15) is 0 Å². The average molecular weight is 320 g/mol. The van der Waals surface area contributed by atoms with E-state index in [0.717, 1.165) is 18.5 Å². The molecule has 114 valence electrons. The second-order valence-electron chi connectivity index (χ2n) is 5.58. The lowest BCUT2D eigenvalue weighted by atomic mass is 9.93. The molecule has 3 aromatic rings. The highest BCUT2D eigenvalue weighted by Crippen LogP contribution is 2.38. The van der Waals surface area contributed by atoms with Gasteiger partial charge >= 0.3 is 0 Å². The van der Waals surface area contributed by atoms with E-state index in [-0.39, 0.29) is 11.9 Å². The number of amides is 1. The Morgan fingerprint density at radius 2 is 1.91 bits per heavy atom. The van der Waals surface area contributed by atoms with Crippen LogP contribution in [0.5, 0.6) is 0 Å². The number of carbonyl (C=O) groups excluding carboxylic acids is 1. The van der Waals surface area contributed by atoms with E-state index in [0.29, 0.717) is 5.69 Å². The van der Waals surface area contributed by atoms with Gasteiger partial charge in [-0.05, 0) is 41.1 Å². The van der Waals surface area contributed by atoms with Crippen molar-refractivity contribution in [2.45, 2.75) is 12.5 Å². The molecule has 0 saturated heterocycles. The number of carbonyl (C=O) groups is 1. The minimum absolute atomic E-state index is 0.00342. The van der Waals surface area contributed by atoms with Crippen LogP contribution in [-0.2, 0) is 6.42 Å². The van der Waals surface area contributed by atoms with Gasteiger partial charge in [-0.15, -0.1) is 11.3 Å². The quantitative estimate of drug-likeness (QED) is 0.717. The summed E-state index contributed by atoms with van der Waals surface area (Å²) in [6.07, 6.45) is 2.58. The Labute approximate surface area is 139 Å². The Kier molecular flexibility index (Phi) is 3.67. The fourth-order valence-electron chi connectivity index (χ4n) is 3.17. The topological polar surface area (TPSA) is 33.2 Å². The van der Waals surface area contributed by atoms with Crippen LogP contribution < -0.4 is 0 Å². The lowest BCUT2D eigenvalue weighted by Gasteiger charge is -2.36. The highest BCUT2D eigenvalue weighted by molar-refractivity contribution is 7.10. The summed E-state index contributed by atoms with van der Waals surface area (Å²) in [6, 6.07) is 17.8. The SMILES string of the molecule is O=C(c1ccccn1)N1CCc2sccc2[C@@H]1c1ccccc1. The molecule has 4 rings (SSSR count). The van der Waals surface area contributed by atoms with Crippen LogP contribution in [0.4, 0.5) is 0 Å². The molecule has 0 bridgehead atoms. The molecule has 3 heterocycles. The maximum atomic E-state index is 13.0. The van der Waals surface area contributed by atoms with Gasteiger partial charge in [0.2, 0.25) is 0 Å². The summed E-state index contributed by atoms with van der Waals surface area (Å²) in [7, 11) is 0. The van der Waals surface area contributed by atoms with Gasteiger partial charge in [0.15, 0.2) is 0 Å². The number of benzene rings is 1. The minimum atomic E-state index is -0.0271. The van der Waals surface area contributed by atoms with Crippen LogP contribution in [0.2, 0.25) is 0 Å². The van der Waals surface area contributed by atoms with Crippen molar-refractivity contribution in [1.82, 2.24) is 9.88 Å². The van der Waals surface area contributed by atoms with E-state index in [1.54, 1.807) is 23.6 Å². The predicted molar refractivity (Wildman–Crippen MR) is 91.6 cm³/mol. The van der Waals surface area contributed by atoms with Crippen molar-refractivity contribution >= 4 is 17.2 Å². The molecule has 0 radical (unpaired) electrons. The van der Waals surface area contributed by atoms with Crippen molar-refractivity contribution in [3.8, 4) is 0 Å². The fraction of sp³-hybridized carbons (Fsp3) is 0.158. The highest BCUT2D eigenvalue weighted by atomic mass is 32.1. The van der Waals surface area contributed by atoms with E-state index < -0.39 is 0 Å². The lowest BCUT2D eigenvalue weighted by Crippen LogP contribution is -2.40. The molecular formula is C19H16N2OS. The number of pyridine rings is 1. The zero-order valence-corrected chi connectivity index (χ0v) is 13.4. The van der Waals surface area contributed by atoms with Crippen LogP contribution in [0.25, 0.3) is 0 Å². The predicted octanol–water partition coefficient (Wildman–Crippen LogP) is 3.93. The number of thiophene rings is 1. The van der Waals surface area contributed by atoms with Crippen LogP contribution >= 0.6 is 11.3 Å². The Balaban J connectivity index is 1.78. The number of aromatic nitrogens is 1. The van der Waals surface area contributed by atoms with Crippen molar-refractivity contribution in [2.24, 2.45) is 0 Å². The molecule has 0 N–H and O–H groups in total. The third-order valence-corrected chi connectivity index (χ3v) is 5.22. The normalized spacial score (nSPS) is 16.9. The monoisotopic (exact) mass is 320 g/mol. The van der Waals surface area contributed by atoms with Crippen LogP contribution in [0.3, 0.4) is 0 Å². The van der Waals surface area contributed by atoms with E-state index in [1.165, 1.54) is 10.4 Å². The third kappa shape index (κ3) is 2.55. The first-order chi connectivity index (χ1) is 11.3. The Bertz CT molecular complexity index is 814. The molecule has 1 aliphatic heterocycles. The van der Waals surface area contributed by atoms with Gasteiger partial charge in [0.25, 0.3) is 5.91 Å². The minimum Gasteiger partial charge on any atom is -0.326 e. The van der Waals surface area contributed by atoms with Crippen molar-refractivity contribution < 1.29 is 4.79 Å². The van der Waals surface area contributed by atoms with Crippen LogP contribution in [0.15, 0.2) is 66.2 Å². The summed E-state index contributed by atoms with van der Waals surface area (Å²) < 4.78 is 0. The standard InChI is InChI=1S/C19H16N2OS/c22-19(16-8-4-5-11-20-16)21-12-9-17-15(10-13-23-17)18(21)14-6-2-1-3-7-14/h1-8,10-11,13,18H,9,12H2/t18-/m0/s1. The first-order valence-corrected chi connectivity index (χ1v) is 8.56. The number of hydrogen-bond acceptors (Lipinski definition) is 3. The molecule has 0 unspecified atom stereocenters. The molecule has 0 spiro atoms. The summed E-state index contributed by atoms with van der Waals surface area (Å²) in [6.45, 7) is 0.725. The maximum absolute atomic E-state index is 13.0. The molecule has 1 amide bonds. The first-order valence-electron chi connectivity index (χ1n) is 7.68. The molecule has 1 aliphatic rings. The van der Waals surface area contributed by atoms with Crippen molar-refractivity contribution in [2.75, 3.05) is 6.54 Å². The van der Waals surface area contributed by atoms with Gasteiger partial charge in [-0.3, -0.25) is 9.78 Å². The molecule has 0 saturated carbocycles. The Hall–Kier alpha value is -2.46. The van der Waals surface area contributed by atoms with Gasteiger partial charge < -0.3 is 4.90 Å². The molecule has 3 nitrogen and oxygen atoms in total. The molecule has 23 heavy (non-hydrogen) atoms. The van der Waals surface area contributed by atoms with Crippen LogP contribution in [-0.4, -0.2) is 22.3 Å². The number of fused-ring (bicyclic) bond motifs is 1. The summed E-state index contributed by atoms with van der Waals surface area (Å²) >= 11 is 1.78. The maximum Gasteiger partial charge on any atom is 0.273 e. The molecule has 1 aromatic carbocycles. The van der Waals surface area contributed by atoms with Crippen LogP contribution in [0.1, 0.15) is 32.5 Å². The number of hydrogen-bond donors (Lipinski definition) is 0. The zero-order valence-electron chi connectivity index (χ0n) is 12.6. The number of nitrogens with zero attached hydrogens (tertiary/aromatic N) is 2. The average Bonchev–Trinajstić information content (AvgIpc) is 3.10. The highest BCUT2D eigenvalue weighted by Gasteiger charge is 2.33. The number of rotatable bonds is 2. The van der Waals surface area contributed by atoms with E-state index >= 15 is 0 Å². The first kappa shape index (κ1) is 14.2. The van der Waals surface area contributed by atoms with Gasteiger partial charge in [-0.25, -0.2) is 0 Å². The smallest absolute Gasteiger partial charge is 0.273 e. The van der Waals surface area contributed by atoms with E-state index in [9.17, 15) is 4.79 Å². The van der Waals surface area contributed by atoms with Gasteiger partial charge in [0.05, 0.1) is 6.04 Å². The van der Waals surface area contributed by atoms with Gasteiger partial charge in [0, 0.05) is 17.6 Å². The largest absolute Gasteiger partial charge is 0.326 e. The van der Waals surface area contributed by atoms with Crippen molar-refractivity contribution in [3.63, 3.8) is 0 Å².